The number of aryl methyl sites for hydroxylation is 2. The molecular formula is C13H24ClN3O2S. The van der Waals surface area contributed by atoms with Crippen LogP contribution in [0.1, 0.15) is 38.1 Å². The van der Waals surface area contributed by atoms with Gasteiger partial charge in [-0.15, -0.1) is 11.6 Å². The molecule has 0 aliphatic heterocycles. The van der Waals surface area contributed by atoms with Gasteiger partial charge >= 0.3 is 0 Å². The lowest BCUT2D eigenvalue weighted by Crippen LogP contribution is -2.32. The van der Waals surface area contributed by atoms with E-state index in [0.717, 1.165) is 12.8 Å². The number of sulfonamides is 1. The molecule has 0 unspecified atom stereocenters. The summed E-state index contributed by atoms with van der Waals surface area (Å²) in [5.41, 5.74) is 1.26. The third-order valence-electron chi connectivity index (χ3n) is 3.24. The maximum absolute atomic E-state index is 12.7. The Bertz CT molecular complexity index is 540. The highest BCUT2D eigenvalue weighted by Crippen LogP contribution is 2.23. The van der Waals surface area contributed by atoms with Crippen LogP contribution in [0.2, 0.25) is 0 Å². The van der Waals surface area contributed by atoms with Crippen molar-refractivity contribution in [3.63, 3.8) is 0 Å². The molecule has 0 aliphatic rings. The Morgan fingerprint density at radius 2 is 1.95 bits per heavy atom. The van der Waals surface area contributed by atoms with E-state index in [1.807, 2.05) is 13.8 Å². The van der Waals surface area contributed by atoms with Crippen molar-refractivity contribution >= 4 is 21.6 Å². The number of aromatic nitrogens is 2. The molecule has 0 fully saturated rings. The number of alkyl halides is 1. The maximum Gasteiger partial charge on any atom is 0.246 e. The minimum absolute atomic E-state index is 0.349. The van der Waals surface area contributed by atoms with Gasteiger partial charge in [0, 0.05) is 25.5 Å². The predicted octanol–water partition coefficient (Wildman–Crippen LogP) is 2.55. The zero-order chi connectivity index (χ0) is 15.3. The molecule has 0 atom stereocenters. The Labute approximate surface area is 127 Å². The third kappa shape index (κ3) is 3.54. The average Bonchev–Trinajstić information content (AvgIpc) is 2.68. The molecular weight excluding hydrogens is 298 g/mol. The first-order valence-electron chi connectivity index (χ1n) is 7.00. The van der Waals surface area contributed by atoms with Crippen LogP contribution in [-0.4, -0.2) is 41.5 Å². The lowest BCUT2D eigenvalue weighted by molar-refractivity contribution is 0.426. The molecule has 0 amide bonds. The van der Waals surface area contributed by atoms with Crippen LogP contribution in [0.5, 0.6) is 0 Å². The second-order valence-corrected chi connectivity index (χ2v) is 7.02. The molecule has 116 valence electrons. The molecule has 0 saturated carbocycles. The first-order chi connectivity index (χ1) is 9.39. The van der Waals surface area contributed by atoms with E-state index in [2.05, 4.69) is 5.10 Å². The normalized spacial score (nSPS) is 12.3. The summed E-state index contributed by atoms with van der Waals surface area (Å²) in [6.07, 6.45) is 1.57. The van der Waals surface area contributed by atoms with Crippen LogP contribution in [0.3, 0.4) is 0 Å². The van der Waals surface area contributed by atoms with Crippen molar-refractivity contribution in [3.05, 3.63) is 11.4 Å². The highest BCUT2D eigenvalue weighted by Gasteiger charge is 2.29. The second-order valence-electron chi connectivity index (χ2n) is 4.76. The Hall–Kier alpha value is -0.590. The summed E-state index contributed by atoms with van der Waals surface area (Å²) < 4.78 is 28.7. The van der Waals surface area contributed by atoms with Gasteiger partial charge in [0.15, 0.2) is 0 Å². The minimum Gasteiger partial charge on any atom is -0.268 e. The Morgan fingerprint density at radius 1 is 1.30 bits per heavy atom. The molecule has 0 radical (unpaired) electrons. The number of nitrogens with zero attached hydrogens (tertiary/aromatic N) is 3. The quantitative estimate of drug-likeness (QED) is 0.691. The molecule has 0 spiro atoms. The molecule has 7 heteroatoms. The molecule has 1 rings (SSSR count). The lowest BCUT2D eigenvalue weighted by Gasteiger charge is -2.19. The van der Waals surface area contributed by atoms with Gasteiger partial charge in [0.25, 0.3) is 0 Å². The van der Waals surface area contributed by atoms with Crippen molar-refractivity contribution in [3.8, 4) is 0 Å². The maximum atomic E-state index is 12.7. The Kier molecular flexibility index (Phi) is 6.48. The van der Waals surface area contributed by atoms with Crippen LogP contribution in [-0.2, 0) is 16.6 Å². The van der Waals surface area contributed by atoms with E-state index < -0.39 is 10.0 Å². The fraction of sp³-hybridized carbons (Fsp3) is 0.769. The van der Waals surface area contributed by atoms with E-state index in [1.165, 1.54) is 4.31 Å². The van der Waals surface area contributed by atoms with Crippen LogP contribution in [0.4, 0.5) is 0 Å². The Balaban J connectivity index is 3.21. The number of halogens is 1. The summed E-state index contributed by atoms with van der Waals surface area (Å²) in [4.78, 5) is 0.349. The van der Waals surface area contributed by atoms with Crippen molar-refractivity contribution in [2.24, 2.45) is 0 Å². The van der Waals surface area contributed by atoms with Gasteiger partial charge in [-0.3, -0.25) is 4.68 Å². The zero-order valence-electron chi connectivity index (χ0n) is 12.7. The van der Waals surface area contributed by atoms with Gasteiger partial charge in [-0.25, -0.2) is 8.42 Å². The summed E-state index contributed by atoms with van der Waals surface area (Å²) >= 11 is 5.69. The summed E-state index contributed by atoms with van der Waals surface area (Å²) in [5.74, 6) is 0.539. The van der Waals surface area contributed by atoms with E-state index >= 15 is 0 Å². The SMILES string of the molecule is CCCN(CC)S(=O)(=O)c1c(C)nn(CCCCl)c1C. The minimum atomic E-state index is -3.46. The highest BCUT2D eigenvalue weighted by molar-refractivity contribution is 7.89. The zero-order valence-corrected chi connectivity index (χ0v) is 14.3. The smallest absolute Gasteiger partial charge is 0.246 e. The van der Waals surface area contributed by atoms with Crippen molar-refractivity contribution in [2.45, 2.75) is 52.0 Å². The van der Waals surface area contributed by atoms with E-state index in [1.54, 1.807) is 18.5 Å². The summed E-state index contributed by atoms with van der Waals surface area (Å²) in [6.45, 7) is 9.04. The van der Waals surface area contributed by atoms with Crippen LogP contribution >= 0.6 is 11.6 Å². The van der Waals surface area contributed by atoms with E-state index in [-0.39, 0.29) is 0 Å². The summed E-state index contributed by atoms with van der Waals surface area (Å²) in [7, 11) is -3.46. The van der Waals surface area contributed by atoms with Crippen LogP contribution in [0.25, 0.3) is 0 Å². The molecule has 5 nitrogen and oxygen atoms in total. The lowest BCUT2D eigenvalue weighted by atomic mass is 10.4. The van der Waals surface area contributed by atoms with Crippen molar-refractivity contribution in [1.82, 2.24) is 14.1 Å². The van der Waals surface area contributed by atoms with E-state index in [0.29, 0.717) is 41.8 Å². The van der Waals surface area contributed by atoms with Crippen LogP contribution in [0, 0.1) is 13.8 Å². The molecule has 1 heterocycles. The fourth-order valence-corrected chi connectivity index (χ4v) is 4.34. The van der Waals surface area contributed by atoms with Gasteiger partial charge in [0.05, 0.1) is 11.4 Å². The van der Waals surface area contributed by atoms with Crippen LogP contribution < -0.4 is 0 Å². The largest absolute Gasteiger partial charge is 0.268 e. The average molecular weight is 322 g/mol. The Morgan fingerprint density at radius 3 is 2.45 bits per heavy atom. The van der Waals surface area contributed by atoms with Crippen molar-refractivity contribution < 1.29 is 8.42 Å². The summed E-state index contributed by atoms with van der Waals surface area (Å²) in [6, 6.07) is 0. The number of hydrogen-bond donors (Lipinski definition) is 0. The second kappa shape index (κ2) is 7.43. The molecule has 0 N–H and O–H groups in total. The van der Waals surface area contributed by atoms with Crippen molar-refractivity contribution in [1.29, 1.82) is 0 Å². The predicted molar refractivity (Wildman–Crippen MR) is 81.8 cm³/mol. The van der Waals surface area contributed by atoms with Gasteiger partial charge < -0.3 is 0 Å². The monoisotopic (exact) mass is 321 g/mol. The number of hydrogen-bond acceptors (Lipinski definition) is 3. The fourth-order valence-electron chi connectivity index (χ4n) is 2.31. The summed E-state index contributed by atoms with van der Waals surface area (Å²) in [5, 5.41) is 4.34. The molecule has 20 heavy (non-hydrogen) atoms. The van der Waals surface area contributed by atoms with Gasteiger partial charge in [0.2, 0.25) is 10.0 Å². The van der Waals surface area contributed by atoms with E-state index in [4.69, 9.17) is 11.6 Å². The van der Waals surface area contributed by atoms with Gasteiger partial charge in [-0.05, 0) is 26.7 Å². The molecule has 0 aliphatic carbocycles. The molecule has 0 bridgehead atoms. The first-order valence-corrected chi connectivity index (χ1v) is 8.97. The van der Waals surface area contributed by atoms with Crippen molar-refractivity contribution in [2.75, 3.05) is 19.0 Å². The molecule has 1 aromatic rings. The van der Waals surface area contributed by atoms with Gasteiger partial charge in [-0.2, -0.15) is 9.40 Å². The molecule has 0 saturated heterocycles. The molecule has 0 aromatic carbocycles. The molecule has 1 aromatic heterocycles. The highest BCUT2D eigenvalue weighted by atomic mass is 35.5. The topological polar surface area (TPSA) is 55.2 Å². The standard InChI is InChI=1S/C13H24ClN3O2S/c1-5-9-16(6-2)20(18,19)13-11(3)15-17(12(13)4)10-7-8-14/h5-10H2,1-4H3. The number of rotatable bonds is 8. The van der Waals surface area contributed by atoms with Gasteiger partial charge in [0.1, 0.15) is 4.90 Å². The first kappa shape index (κ1) is 17.5. The van der Waals surface area contributed by atoms with Gasteiger partial charge in [-0.1, -0.05) is 13.8 Å². The third-order valence-corrected chi connectivity index (χ3v) is 5.74. The van der Waals surface area contributed by atoms with Crippen LogP contribution in [0.15, 0.2) is 4.90 Å². The van der Waals surface area contributed by atoms with E-state index in [9.17, 15) is 8.42 Å².